The highest BCUT2D eigenvalue weighted by atomic mass is 32.2. The molecule has 0 aromatic rings. The van der Waals surface area contributed by atoms with Crippen molar-refractivity contribution < 1.29 is 14.7 Å². The van der Waals surface area contributed by atoms with Crippen LogP contribution in [0.15, 0.2) is 0 Å². The number of nitrogens with zero attached hydrogens (tertiary/aromatic N) is 1. The van der Waals surface area contributed by atoms with Crippen LogP contribution in [0.1, 0.15) is 26.2 Å². The molecule has 0 spiro atoms. The number of nitrogens with one attached hydrogen (secondary N) is 1. The van der Waals surface area contributed by atoms with E-state index in [4.69, 9.17) is 5.11 Å². The molecule has 2 amide bonds. The highest BCUT2D eigenvalue weighted by Gasteiger charge is 2.40. The van der Waals surface area contributed by atoms with Gasteiger partial charge in [-0.1, -0.05) is 6.92 Å². The molecule has 0 aromatic heterocycles. The van der Waals surface area contributed by atoms with Gasteiger partial charge >= 0.3 is 12.0 Å². The summed E-state index contributed by atoms with van der Waals surface area (Å²) in [5.74, 6) is 0.652. The summed E-state index contributed by atoms with van der Waals surface area (Å²) in [6, 6.07) is -0.936. The maximum atomic E-state index is 12.1. The van der Waals surface area contributed by atoms with Crippen molar-refractivity contribution in [1.82, 2.24) is 10.2 Å². The summed E-state index contributed by atoms with van der Waals surface area (Å²) in [7, 11) is 0. The van der Waals surface area contributed by atoms with E-state index >= 15 is 0 Å². The lowest BCUT2D eigenvalue weighted by Gasteiger charge is -2.26. The zero-order valence-electron chi connectivity index (χ0n) is 11.4. The minimum absolute atomic E-state index is 0.0210. The Hall–Kier alpha value is -0.560. The Kier molecular flexibility index (Phi) is 7.45. The molecule has 0 bridgehead atoms. The Morgan fingerprint density at radius 1 is 1.47 bits per heavy atom. The zero-order valence-corrected chi connectivity index (χ0v) is 13.1. The lowest BCUT2D eigenvalue weighted by Crippen LogP contribution is -2.50. The molecule has 0 radical (unpaired) electrons. The molecule has 2 atom stereocenters. The molecule has 7 heteroatoms. The molecule has 1 aliphatic heterocycles. The Bertz CT molecular complexity index is 315. The normalized spacial score (nSPS) is 22.5. The fraction of sp³-hybridized carbons (Fsp3) is 0.833. The van der Waals surface area contributed by atoms with Crippen LogP contribution in [0.4, 0.5) is 4.79 Å². The lowest BCUT2D eigenvalue weighted by atomic mass is 10.2. The Labute approximate surface area is 122 Å². The smallest absolute Gasteiger partial charge is 0.327 e. The fourth-order valence-electron chi connectivity index (χ4n) is 2.00. The van der Waals surface area contributed by atoms with Gasteiger partial charge in [-0.2, -0.15) is 11.8 Å². The summed E-state index contributed by atoms with van der Waals surface area (Å²) in [5.41, 5.74) is 0. The van der Waals surface area contributed by atoms with Crippen LogP contribution in [0.25, 0.3) is 0 Å². The van der Waals surface area contributed by atoms with Gasteiger partial charge in [0.2, 0.25) is 0 Å². The Morgan fingerprint density at radius 3 is 2.79 bits per heavy atom. The van der Waals surface area contributed by atoms with Crippen molar-refractivity contribution in [2.45, 2.75) is 37.6 Å². The first-order valence-electron chi connectivity index (χ1n) is 6.51. The molecule has 19 heavy (non-hydrogen) atoms. The van der Waals surface area contributed by atoms with Crippen LogP contribution in [-0.4, -0.2) is 57.7 Å². The average molecular weight is 306 g/mol. The monoisotopic (exact) mass is 306 g/mol. The second kappa shape index (κ2) is 8.58. The standard InChI is InChI=1S/C12H22N2O3S2/c1-3-10-14(9(8-19-10)11(15)16)12(17)13-6-4-5-7-18-2/h9-10H,3-8H2,1-2H3,(H,13,17)(H,15,16). The first-order chi connectivity index (χ1) is 9.11. The quantitative estimate of drug-likeness (QED) is 0.705. The first kappa shape index (κ1) is 16.5. The van der Waals surface area contributed by atoms with Crippen molar-refractivity contribution >= 4 is 35.5 Å². The van der Waals surface area contributed by atoms with Crippen molar-refractivity contribution in [3.05, 3.63) is 0 Å². The van der Waals surface area contributed by atoms with Gasteiger partial charge in [0.05, 0.1) is 5.37 Å². The molecule has 0 aliphatic carbocycles. The Morgan fingerprint density at radius 2 is 2.21 bits per heavy atom. The summed E-state index contributed by atoms with van der Waals surface area (Å²) >= 11 is 3.33. The summed E-state index contributed by atoms with van der Waals surface area (Å²) in [6.45, 7) is 2.59. The third-order valence-corrected chi connectivity index (χ3v) is 5.16. The van der Waals surface area contributed by atoms with Crippen LogP contribution in [0.3, 0.4) is 0 Å². The highest BCUT2D eigenvalue weighted by Crippen LogP contribution is 2.31. The lowest BCUT2D eigenvalue weighted by molar-refractivity contribution is -0.141. The predicted octanol–water partition coefficient (Wildman–Crippen LogP) is 2.08. The molecule has 0 aromatic carbocycles. The molecule has 110 valence electrons. The van der Waals surface area contributed by atoms with Crippen molar-refractivity contribution in [1.29, 1.82) is 0 Å². The molecule has 1 aliphatic rings. The minimum Gasteiger partial charge on any atom is -0.480 e. The number of thioether (sulfide) groups is 2. The summed E-state index contributed by atoms with van der Waals surface area (Å²) in [5, 5.41) is 12.0. The summed E-state index contributed by atoms with van der Waals surface area (Å²) in [4.78, 5) is 24.7. The molecule has 2 N–H and O–H groups in total. The number of urea groups is 1. The van der Waals surface area contributed by atoms with E-state index in [0.29, 0.717) is 12.3 Å². The number of aliphatic carboxylic acids is 1. The molecule has 1 heterocycles. The van der Waals surface area contributed by atoms with Crippen molar-refractivity contribution in [3.63, 3.8) is 0 Å². The number of carboxylic acids is 1. The van der Waals surface area contributed by atoms with E-state index in [2.05, 4.69) is 11.6 Å². The number of carboxylic acid groups (broad SMARTS) is 1. The number of amides is 2. The SMILES string of the molecule is CCC1SCC(C(=O)O)N1C(=O)NCCCCSC. The summed E-state index contributed by atoms with van der Waals surface area (Å²) < 4.78 is 0. The van der Waals surface area contributed by atoms with Crippen molar-refractivity contribution in [2.24, 2.45) is 0 Å². The average Bonchev–Trinajstić information content (AvgIpc) is 2.82. The van der Waals surface area contributed by atoms with Crippen molar-refractivity contribution in [2.75, 3.05) is 24.3 Å². The van der Waals surface area contributed by atoms with Crippen LogP contribution in [0, 0.1) is 0 Å². The minimum atomic E-state index is -0.916. The van der Waals surface area contributed by atoms with E-state index in [0.717, 1.165) is 25.0 Å². The summed E-state index contributed by atoms with van der Waals surface area (Å²) in [6.07, 6.45) is 4.83. The van der Waals surface area contributed by atoms with E-state index < -0.39 is 12.0 Å². The van der Waals surface area contributed by atoms with Gasteiger partial charge in [-0.3, -0.25) is 4.90 Å². The molecule has 5 nitrogen and oxygen atoms in total. The molecule has 1 saturated heterocycles. The van der Waals surface area contributed by atoms with Gasteiger partial charge in [0, 0.05) is 12.3 Å². The van der Waals surface area contributed by atoms with Gasteiger partial charge in [-0.05, 0) is 31.3 Å². The maximum absolute atomic E-state index is 12.1. The second-order valence-electron chi connectivity index (χ2n) is 4.39. The second-order valence-corrected chi connectivity index (χ2v) is 6.59. The number of hydrogen-bond donors (Lipinski definition) is 2. The predicted molar refractivity (Wildman–Crippen MR) is 80.8 cm³/mol. The third-order valence-electron chi connectivity index (χ3n) is 3.01. The van der Waals surface area contributed by atoms with Crippen molar-refractivity contribution in [3.8, 4) is 0 Å². The van der Waals surface area contributed by atoms with Crippen LogP contribution in [0.5, 0.6) is 0 Å². The number of hydrogen-bond acceptors (Lipinski definition) is 4. The zero-order chi connectivity index (χ0) is 14.3. The maximum Gasteiger partial charge on any atom is 0.327 e. The fourth-order valence-corrected chi connectivity index (χ4v) is 3.84. The molecular formula is C12H22N2O3S2. The van der Waals surface area contributed by atoms with E-state index in [1.54, 1.807) is 23.5 Å². The first-order valence-corrected chi connectivity index (χ1v) is 8.95. The number of carbonyl (C=O) groups excluding carboxylic acids is 1. The highest BCUT2D eigenvalue weighted by molar-refractivity contribution is 8.00. The van der Waals surface area contributed by atoms with E-state index in [1.165, 1.54) is 4.90 Å². The van der Waals surface area contributed by atoms with Gasteiger partial charge in [-0.25, -0.2) is 9.59 Å². The van der Waals surface area contributed by atoms with E-state index in [9.17, 15) is 9.59 Å². The topological polar surface area (TPSA) is 69.6 Å². The van der Waals surface area contributed by atoms with E-state index in [1.807, 2.05) is 6.92 Å². The van der Waals surface area contributed by atoms with Gasteiger partial charge in [0.25, 0.3) is 0 Å². The molecule has 1 fully saturated rings. The molecular weight excluding hydrogens is 284 g/mol. The molecule has 1 rings (SSSR count). The van der Waals surface area contributed by atoms with Gasteiger partial charge in [0.1, 0.15) is 6.04 Å². The van der Waals surface area contributed by atoms with Gasteiger partial charge < -0.3 is 10.4 Å². The van der Waals surface area contributed by atoms with Crippen LogP contribution in [0.2, 0.25) is 0 Å². The number of unbranched alkanes of at least 4 members (excludes halogenated alkanes) is 1. The molecule has 2 unspecified atom stereocenters. The van der Waals surface area contributed by atoms with Crippen LogP contribution < -0.4 is 5.32 Å². The largest absolute Gasteiger partial charge is 0.480 e. The number of rotatable bonds is 7. The van der Waals surface area contributed by atoms with Gasteiger partial charge in [0.15, 0.2) is 0 Å². The van der Waals surface area contributed by atoms with Crippen LogP contribution >= 0.6 is 23.5 Å². The third kappa shape index (κ3) is 4.80. The Balaban J connectivity index is 2.44. The van der Waals surface area contributed by atoms with Gasteiger partial charge in [-0.15, -0.1) is 11.8 Å². The number of carbonyl (C=O) groups is 2. The van der Waals surface area contributed by atoms with E-state index in [-0.39, 0.29) is 11.4 Å². The molecule has 0 saturated carbocycles. The van der Waals surface area contributed by atoms with Crippen LogP contribution in [-0.2, 0) is 4.79 Å².